The van der Waals surface area contributed by atoms with E-state index in [-0.39, 0.29) is 23.7 Å². The van der Waals surface area contributed by atoms with Crippen LogP contribution >= 0.6 is 0 Å². The lowest BCUT2D eigenvalue weighted by Crippen LogP contribution is -2.50. The fourth-order valence-electron chi connectivity index (χ4n) is 3.11. The van der Waals surface area contributed by atoms with Crippen LogP contribution in [0, 0.1) is 10.1 Å². The van der Waals surface area contributed by atoms with E-state index in [1.807, 2.05) is 6.92 Å². The summed E-state index contributed by atoms with van der Waals surface area (Å²) in [6.45, 7) is 2.45. The number of nitro groups is 1. The Morgan fingerprint density at radius 1 is 1.28 bits per heavy atom. The highest BCUT2D eigenvalue weighted by atomic mass is 16.6. The molecule has 0 radical (unpaired) electrons. The summed E-state index contributed by atoms with van der Waals surface area (Å²) in [7, 11) is 1.57. The molecule has 0 saturated carbocycles. The smallest absolute Gasteiger partial charge is 0.293 e. The predicted molar refractivity (Wildman–Crippen MR) is 108 cm³/mol. The van der Waals surface area contributed by atoms with E-state index in [2.05, 4.69) is 10.6 Å². The van der Waals surface area contributed by atoms with Crippen molar-refractivity contribution in [2.24, 2.45) is 0 Å². The number of hydrogen-bond donors (Lipinski definition) is 2. The molecule has 152 valence electrons. The average molecular weight is 398 g/mol. The van der Waals surface area contributed by atoms with Gasteiger partial charge in [-0.05, 0) is 30.7 Å². The van der Waals surface area contributed by atoms with Crippen LogP contribution in [0.25, 0.3) is 0 Å². The Morgan fingerprint density at radius 2 is 2.03 bits per heavy atom. The zero-order valence-electron chi connectivity index (χ0n) is 16.2. The summed E-state index contributed by atoms with van der Waals surface area (Å²) in [6, 6.07) is 11.1. The number of fused-ring (bicyclic) bond motifs is 1. The average Bonchev–Trinajstić information content (AvgIpc) is 2.75. The van der Waals surface area contributed by atoms with Gasteiger partial charge in [-0.15, -0.1) is 0 Å². The van der Waals surface area contributed by atoms with Gasteiger partial charge in [0.05, 0.1) is 17.2 Å². The van der Waals surface area contributed by atoms with Crippen molar-refractivity contribution >= 4 is 28.9 Å². The summed E-state index contributed by atoms with van der Waals surface area (Å²) in [5.74, 6) is -0.347. The van der Waals surface area contributed by atoms with Crippen LogP contribution in [0.2, 0.25) is 0 Å². The van der Waals surface area contributed by atoms with Crippen molar-refractivity contribution in [3.05, 3.63) is 58.1 Å². The Bertz CT molecular complexity index is 946. The quantitative estimate of drug-likeness (QED) is 0.571. The molecular formula is C20H22N4O5. The first-order chi connectivity index (χ1) is 14.0. The normalized spacial score (nSPS) is 15.1. The number of nitro benzene ring substituents is 1. The van der Waals surface area contributed by atoms with Gasteiger partial charge in [0.2, 0.25) is 0 Å². The van der Waals surface area contributed by atoms with Gasteiger partial charge in [-0.25, -0.2) is 0 Å². The lowest BCUT2D eigenvalue weighted by Gasteiger charge is -2.34. The summed E-state index contributed by atoms with van der Waals surface area (Å²) in [6.07, 6.45) is -0.0916. The van der Waals surface area contributed by atoms with Crippen LogP contribution in [-0.4, -0.2) is 43.0 Å². The summed E-state index contributed by atoms with van der Waals surface area (Å²) in [4.78, 5) is 37.9. The van der Waals surface area contributed by atoms with E-state index in [9.17, 15) is 19.7 Å². The van der Waals surface area contributed by atoms with E-state index < -0.39 is 16.9 Å². The minimum Gasteiger partial charge on any atom is -0.477 e. The molecule has 2 amide bonds. The molecule has 1 aliphatic rings. The molecular weight excluding hydrogens is 376 g/mol. The summed E-state index contributed by atoms with van der Waals surface area (Å²) in [5, 5.41) is 16.9. The highest BCUT2D eigenvalue weighted by molar-refractivity contribution is 6.08. The van der Waals surface area contributed by atoms with Gasteiger partial charge in [-0.3, -0.25) is 19.7 Å². The number of nitrogens with one attached hydrogen (secondary N) is 2. The maximum absolute atomic E-state index is 13.2. The van der Waals surface area contributed by atoms with Gasteiger partial charge in [0.15, 0.2) is 6.10 Å². The molecule has 0 aromatic heterocycles. The molecule has 2 aromatic carbocycles. The van der Waals surface area contributed by atoms with E-state index in [1.54, 1.807) is 31.3 Å². The molecule has 2 aromatic rings. The van der Waals surface area contributed by atoms with Crippen molar-refractivity contribution in [2.45, 2.75) is 19.4 Å². The molecule has 1 heterocycles. The monoisotopic (exact) mass is 398 g/mol. The molecule has 0 spiro atoms. The Kier molecular flexibility index (Phi) is 5.96. The number of amides is 2. The molecule has 0 saturated heterocycles. The standard InChI is InChI=1S/C20H22N4O5/c1-3-10-22-19(25)18-12-23(15-6-4-5-7-17(15)29-18)20(26)13-8-9-14(21-2)16(11-13)24(27)28/h4-9,11,18,21H,3,10,12H2,1-2H3,(H,22,25)/t18-/m1/s1. The predicted octanol–water partition coefficient (Wildman–Crippen LogP) is 2.57. The second-order valence-corrected chi connectivity index (χ2v) is 6.52. The number of carbonyl (C=O) groups is 2. The van der Waals surface area contributed by atoms with Gasteiger partial charge in [0, 0.05) is 25.2 Å². The van der Waals surface area contributed by atoms with E-state index in [1.165, 1.54) is 23.1 Å². The van der Waals surface area contributed by atoms with Crippen LogP contribution in [0.1, 0.15) is 23.7 Å². The second kappa shape index (κ2) is 8.59. The van der Waals surface area contributed by atoms with Gasteiger partial charge in [-0.1, -0.05) is 19.1 Å². The van der Waals surface area contributed by atoms with Crippen LogP contribution < -0.4 is 20.3 Å². The van der Waals surface area contributed by atoms with Crippen LogP contribution in [-0.2, 0) is 4.79 Å². The Morgan fingerprint density at radius 3 is 2.72 bits per heavy atom. The van der Waals surface area contributed by atoms with E-state index >= 15 is 0 Å². The molecule has 3 rings (SSSR count). The van der Waals surface area contributed by atoms with Crippen molar-refractivity contribution in [3.63, 3.8) is 0 Å². The molecule has 2 N–H and O–H groups in total. The first-order valence-electron chi connectivity index (χ1n) is 9.27. The number of benzene rings is 2. The van der Waals surface area contributed by atoms with Crippen molar-refractivity contribution in [1.29, 1.82) is 0 Å². The van der Waals surface area contributed by atoms with E-state index in [0.717, 1.165) is 6.42 Å². The first kappa shape index (κ1) is 20.1. The zero-order chi connectivity index (χ0) is 21.0. The van der Waals surface area contributed by atoms with E-state index in [0.29, 0.717) is 23.7 Å². The number of carbonyl (C=O) groups excluding carboxylic acids is 2. The van der Waals surface area contributed by atoms with Crippen LogP contribution in [0.15, 0.2) is 42.5 Å². The third kappa shape index (κ3) is 4.13. The molecule has 29 heavy (non-hydrogen) atoms. The Hall–Kier alpha value is -3.62. The third-order valence-electron chi connectivity index (χ3n) is 4.57. The molecule has 1 atom stereocenters. The molecule has 1 aliphatic heterocycles. The highest BCUT2D eigenvalue weighted by Crippen LogP contribution is 2.35. The van der Waals surface area contributed by atoms with Gasteiger partial charge in [0.1, 0.15) is 11.4 Å². The van der Waals surface area contributed by atoms with Crippen LogP contribution in [0.4, 0.5) is 17.1 Å². The maximum Gasteiger partial charge on any atom is 0.293 e. The van der Waals surface area contributed by atoms with Gasteiger partial charge < -0.3 is 20.3 Å². The largest absolute Gasteiger partial charge is 0.477 e. The summed E-state index contributed by atoms with van der Waals surface area (Å²) >= 11 is 0. The number of nitrogens with zero attached hydrogens (tertiary/aromatic N) is 2. The molecule has 0 fully saturated rings. The fourth-order valence-corrected chi connectivity index (χ4v) is 3.11. The number of anilines is 2. The number of hydrogen-bond acceptors (Lipinski definition) is 6. The topological polar surface area (TPSA) is 114 Å². The maximum atomic E-state index is 13.2. The summed E-state index contributed by atoms with van der Waals surface area (Å²) < 4.78 is 5.78. The minimum absolute atomic E-state index is 0.00692. The Balaban J connectivity index is 1.95. The lowest BCUT2D eigenvalue weighted by atomic mass is 10.1. The van der Waals surface area contributed by atoms with Crippen LogP contribution in [0.3, 0.4) is 0 Å². The number of para-hydroxylation sites is 2. The van der Waals surface area contributed by atoms with Gasteiger partial charge >= 0.3 is 0 Å². The van der Waals surface area contributed by atoms with E-state index in [4.69, 9.17) is 4.74 Å². The molecule has 0 unspecified atom stereocenters. The van der Waals surface area contributed by atoms with Crippen molar-refractivity contribution in [1.82, 2.24) is 5.32 Å². The zero-order valence-corrected chi connectivity index (χ0v) is 16.2. The van der Waals surface area contributed by atoms with Crippen molar-refractivity contribution in [3.8, 4) is 5.75 Å². The third-order valence-corrected chi connectivity index (χ3v) is 4.57. The Labute approximate surface area is 167 Å². The lowest BCUT2D eigenvalue weighted by molar-refractivity contribution is -0.384. The second-order valence-electron chi connectivity index (χ2n) is 6.52. The van der Waals surface area contributed by atoms with Crippen molar-refractivity contribution < 1.29 is 19.2 Å². The summed E-state index contributed by atoms with van der Waals surface area (Å²) in [5.41, 5.74) is 0.778. The minimum atomic E-state index is -0.869. The number of ether oxygens (including phenoxy) is 1. The van der Waals surface area contributed by atoms with Gasteiger partial charge in [-0.2, -0.15) is 0 Å². The molecule has 9 heteroatoms. The highest BCUT2D eigenvalue weighted by Gasteiger charge is 2.34. The first-order valence-corrected chi connectivity index (χ1v) is 9.27. The molecule has 0 bridgehead atoms. The van der Waals surface area contributed by atoms with Crippen molar-refractivity contribution in [2.75, 3.05) is 30.4 Å². The van der Waals surface area contributed by atoms with Crippen LogP contribution in [0.5, 0.6) is 5.75 Å². The molecule has 0 aliphatic carbocycles. The molecule has 9 nitrogen and oxygen atoms in total. The number of rotatable bonds is 6. The van der Waals surface area contributed by atoms with Gasteiger partial charge in [0.25, 0.3) is 17.5 Å². The fraction of sp³-hybridized carbons (Fsp3) is 0.300. The SMILES string of the molecule is CCCNC(=O)[C@H]1CN(C(=O)c2ccc(NC)c([N+](=O)[O-])c2)c2ccccc2O1.